The van der Waals surface area contributed by atoms with Crippen LogP contribution >= 0.6 is 23.2 Å². The lowest BCUT2D eigenvalue weighted by atomic mass is 10.6. The van der Waals surface area contributed by atoms with Crippen LogP contribution in [-0.2, 0) is 4.74 Å². The number of methoxy groups -OCH3 is 1. The smallest absolute Gasteiger partial charge is 0.377 e. The summed E-state index contributed by atoms with van der Waals surface area (Å²) in [5.74, 6) is -0.680. The molecule has 0 aromatic carbocycles. The van der Waals surface area contributed by atoms with E-state index in [0.29, 0.717) is 0 Å². The molecule has 10 heteroatoms. The highest BCUT2D eigenvalue weighted by molar-refractivity contribution is 6.31. The Bertz CT molecular complexity index is 571. The number of hydrogen-bond acceptors (Lipinski definition) is 7. The van der Waals surface area contributed by atoms with Crippen LogP contribution in [0.25, 0.3) is 5.82 Å². The zero-order chi connectivity index (χ0) is 12.4. The van der Waals surface area contributed by atoms with Gasteiger partial charge in [-0.25, -0.2) is 9.78 Å². The van der Waals surface area contributed by atoms with E-state index in [0.717, 1.165) is 4.68 Å². The lowest BCUT2D eigenvalue weighted by molar-refractivity contribution is 0.0587. The lowest BCUT2D eigenvalue weighted by Gasteiger charge is -1.99. The van der Waals surface area contributed by atoms with Gasteiger partial charge < -0.3 is 4.74 Å². The zero-order valence-electron chi connectivity index (χ0n) is 8.33. The van der Waals surface area contributed by atoms with Crippen molar-refractivity contribution in [1.82, 2.24) is 29.9 Å². The number of aromatic nitrogens is 6. The fourth-order valence-electron chi connectivity index (χ4n) is 0.981. The van der Waals surface area contributed by atoms with Crippen LogP contribution in [0.15, 0.2) is 6.33 Å². The van der Waals surface area contributed by atoms with Crippen LogP contribution in [0.3, 0.4) is 0 Å². The Morgan fingerprint density at radius 3 is 2.88 bits per heavy atom. The average molecular weight is 275 g/mol. The third-order valence-electron chi connectivity index (χ3n) is 1.68. The van der Waals surface area contributed by atoms with Gasteiger partial charge in [-0.15, -0.1) is 15.3 Å². The number of ether oxygens (including phenoxy) is 1. The number of rotatable bonds is 2. The Balaban J connectivity index is 2.43. The SMILES string of the molecule is COC(=O)c1ncn(-c2nc(Cl)nnc2Cl)n1. The molecule has 0 aliphatic heterocycles. The van der Waals surface area contributed by atoms with Crippen LogP contribution in [0.1, 0.15) is 10.6 Å². The number of carbonyl (C=O) groups excluding carboxylic acids is 1. The fourth-order valence-corrected chi connectivity index (χ4v) is 1.27. The predicted molar refractivity (Wildman–Crippen MR) is 56.1 cm³/mol. The van der Waals surface area contributed by atoms with Crippen molar-refractivity contribution in [3.05, 3.63) is 22.6 Å². The van der Waals surface area contributed by atoms with Crippen LogP contribution in [0.2, 0.25) is 10.4 Å². The summed E-state index contributed by atoms with van der Waals surface area (Å²) in [7, 11) is 1.22. The average Bonchev–Trinajstić information content (AvgIpc) is 2.80. The molecular weight excluding hydrogens is 271 g/mol. The molecule has 0 atom stereocenters. The molecule has 17 heavy (non-hydrogen) atoms. The summed E-state index contributed by atoms with van der Waals surface area (Å²) in [6, 6.07) is 0. The molecule has 8 nitrogen and oxygen atoms in total. The highest BCUT2D eigenvalue weighted by Gasteiger charge is 2.15. The van der Waals surface area contributed by atoms with Gasteiger partial charge in [0.25, 0.3) is 5.82 Å². The highest BCUT2D eigenvalue weighted by atomic mass is 35.5. The van der Waals surface area contributed by atoms with E-state index in [9.17, 15) is 4.79 Å². The van der Waals surface area contributed by atoms with Gasteiger partial charge in [0.05, 0.1) is 7.11 Å². The van der Waals surface area contributed by atoms with Crippen molar-refractivity contribution in [3.8, 4) is 5.82 Å². The van der Waals surface area contributed by atoms with Gasteiger partial charge in [0.1, 0.15) is 6.33 Å². The molecule has 0 fully saturated rings. The molecule has 0 saturated carbocycles. The summed E-state index contributed by atoms with van der Waals surface area (Å²) in [5, 5.41) is 10.7. The van der Waals surface area contributed by atoms with Crippen molar-refractivity contribution in [3.63, 3.8) is 0 Å². The van der Waals surface area contributed by atoms with Gasteiger partial charge in [0.15, 0.2) is 11.0 Å². The minimum atomic E-state index is -0.673. The molecular formula is C7H4Cl2N6O2. The van der Waals surface area contributed by atoms with E-state index in [4.69, 9.17) is 23.2 Å². The molecule has 2 heterocycles. The second kappa shape index (κ2) is 4.60. The van der Waals surface area contributed by atoms with E-state index in [2.05, 4.69) is 30.0 Å². The molecule has 0 unspecified atom stereocenters. The van der Waals surface area contributed by atoms with E-state index in [1.807, 2.05) is 0 Å². The molecule has 0 aliphatic rings. The summed E-state index contributed by atoms with van der Waals surface area (Å²) in [5.41, 5.74) is 0. The monoisotopic (exact) mass is 274 g/mol. The Kier molecular flexibility index (Phi) is 3.16. The van der Waals surface area contributed by atoms with Gasteiger partial charge in [0.2, 0.25) is 5.28 Å². The van der Waals surface area contributed by atoms with Crippen molar-refractivity contribution in [2.45, 2.75) is 0 Å². The van der Waals surface area contributed by atoms with E-state index < -0.39 is 5.97 Å². The zero-order valence-corrected chi connectivity index (χ0v) is 9.84. The van der Waals surface area contributed by atoms with Crippen molar-refractivity contribution in [1.29, 1.82) is 0 Å². The van der Waals surface area contributed by atoms with Gasteiger partial charge in [-0.05, 0) is 11.6 Å². The van der Waals surface area contributed by atoms with Crippen LogP contribution in [-0.4, -0.2) is 43.0 Å². The van der Waals surface area contributed by atoms with Crippen LogP contribution < -0.4 is 0 Å². The summed E-state index contributed by atoms with van der Waals surface area (Å²) < 4.78 is 5.60. The third-order valence-corrected chi connectivity index (χ3v) is 2.08. The molecule has 88 valence electrons. The molecule has 0 aliphatic carbocycles. The van der Waals surface area contributed by atoms with Crippen molar-refractivity contribution in [2.75, 3.05) is 7.11 Å². The maximum absolute atomic E-state index is 11.1. The van der Waals surface area contributed by atoms with Gasteiger partial charge in [-0.1, -0.05) is 11.6 Å². The first-order valence-corrected chi connectivity index (χ1v) is 4.93. The number of halogens is 2. The molecule has 0 bridgehead atoms. The number of nitrogens with zero attached hydrogens (tertiary/aromatic N) is 6. The largest absolute Gasteiger partial charge is 0.463 e. The topological polar surface area (TPSA) is 95.7 Å². The van der Waals surface area contributed by atoms with Crippen molar-refractivity contribution in [2.24, 2.45) is 0 Å². The molecule has 0 saturated heterocycles. The molecule has 0 spiro atoms. The molecule has 0 radical (unpaired) electrons. The highest BCUT2D eigenvalue weighted by Crippen LogP contribution is 2.14. The van der Waals surface area contributed by atoms with Crippen LogP contribution in [0, 0.1) is 0 Å². The quantitative estimate of drug-likeness (QED) is 0.738. The first kappa shape index (κ1) is 11.7. The van der Waals surface area contributed by atoms with Gasteiger partial charge in [-0.3, -0.25) is 0 Å². The number of hydrogen-bond donors (Lipinski definition) is 0. The summed E-state index contributed by atoms with van der Waals surface area (Å²) in [6.07, 6.45) is 1.23. The third kappa shape index (κ3) is 2.32. The summed E-state index contributed by atoms with van der Waals surface area (Å²) >= 11 is 11.3. The first-order valence-electron chi connectivity index (χ1n) is 4.18. The van der Waals surface area contributed by atoms with Crippen molar-refractivity contribution < 1.29 is 9.53 Å². The van der Waals surface area contributed by atoms with Crippen molar-refractivity contribution >= 4 is 29.2 Å². The van der Waals surface area contributed by atoms with E-state index in [-0.39, 0.29) is 22.1 Å². The Labute approximate surface area is 105 Å². The molecule has 2 rings (SSSR count). The van der Waals surface area contributed by atoms with Crippen LogP contribution in [0.4, 0.5) is 0 Å². The maximum atomic E-state index is 11.1. The number of esters is 1. The Hall–Kier alpha value is -1.80. The summed E-state index contributed by atoms with van der Waals surface area (Å²) in [4.78, 5) is 18.7. The number of carbonyl (C=O) groups is 1. The van der Waals surface area contributed by atoms with Crippen LogP contribution in [0.5, 0.6) is 0 Å². The summed E-state index contributed by atoms with van der Waals surface area (Å²) in [6.45, 7) is 0. The predicted octanol–water partition coefficient (Wildman–Crippen LogP) is 0.546. The van der Waals surface area contributed by atoms with Gasteiger partial charge >= 0.3 is 5.97 Å². The molecule has 2 aromatic heterocycles. The second-order valence-electron chi connectivity index (χ2n) is 2.70. The molecule has 2 aromatic rings. The Morgan fingerprint density at radius 2 is 2.18 bits per heavy atom. The maximum Gasteiger partial charge on any atom is 0.377 e. The van der Waals surface area contributed by atoms with E-state index in [1.165, 1.54) is 13.4 Å². The second-order valence-corrected chi connectivity index (χ2v) is 3.40. The standard InChI is InChI=1S/C7H4Cl2N6O2/c1-17-6(16)4-10-2-15(14-4)5-3(8)12-13-7(9)11-5/h2H,1H3. The van der Waals surface area contributed by atoms with Gasteiger partial charge in [0, 0.05) is 0 Å². The minimum absolute atomic E-state index is 0.0179. The molecule has 0 N–H and O–H groups in total. The van der Waals surface area contributed by atoms with E-state index in [1.54, 1.807) is 0 Å². The van der Waals surface area contributed by atoms with Gasteiger partial charge in [-0.2, -0.15) is 9.67 Å². The first-order chi connectivity index (χ1) is 8.11. The molecule has 0 amide bonds. The minimum Gasteiger partial charge on any atom is -0.463 e. The lowest BCUT2D eigenvalue weighted by Crippen LogP contribution is -2.07. The normalized spacial score (nSPS) is 10.3. The fraction of sp³-hybridized carbons (Fsp3) is 0.143. The van der Waals surface area contributed by atoms with E-state index >= 15 is 0 Å². The Morgan fingerprint density at radius 1 is 1.41 bits per heavy atom.